The predicted molar refractivity (Wildman–Crippen MR) is 76.8 cm³/mol. The second kappa shape index (κ2) is 6.55. The molecule has 0 amide bonds. The van der Waals surface area contributed by atoms with Gasteiger partial charge in [-0.25, -0.2) is 0 Å². The average Bonchev–Trinajstić information content (AvgIpc) is 2.49. The maximum Gasteiger partial charge on any atom is 0.196 e. The van der Waals surface area contributed by atoms with E-state index in [4.69, 9.17) is 4.74 Å². The van der Waals surface area contributed by atoms with E-state index in [9.17, 15) is 4.79 Å². The summed E-state index contributed by atoms with van der Waals surface area (Å²) in [6, 6.07) is 18.8. The molecule has 0 spiro atoms. The summed E-state index contributed by atoms with van der Waals surface area (Å²) in [5, 5.41) is 0. The van der Waals surface area contributed by atoms with Crippen LogP contribution in [0.25, 0.3) is 5.57 Å². The Labute approximate surface area is 113 Å². The Morgan fingerprint density at radius 2 is 1.47 bits per heavy atom. The number of rotatable bonds is 5. The molecule has 0 atom stereocenters. The molecule has 0 fully saturated rings. The molecule has 0 aliphatic heterocycles. The van der Waals surface area contributed by atoms with Crippen LogP contribution >= 0.6 is 0 Å². The average molecular weight is 252 g/mol. The molecule has 0 N–H and O–H groups in total. The van der Waals surface area contributed by atoms with Crippen LogP contribution < -0.4 is 0 Å². The molecule has 2 rings (SSSR count). The number of Topliss-reactive ketones (excluding diaryl/α,β-unsaturated/α-hetero) is 1. The second-order valence-corrected chi connectivity index (χ2v) is 4.05. The lowest BCUT2D eigenvalue weighted by Crippen LogP contribution is -2.03. The lowest BCUT2D eigenvalue weighted by atomic mass is 9.98. The Morgan fingerprint density at radius 1 is 0.947 bits per heavy atom. The number of allylic oxidation sites excluding steroid dienone is 1. The van der Waals surface area contributed by atoms with Crippen molar-refractivity contribution in [3.63, 3.8) is 0 Å². The number of carbonyl (C=O) groups is 1. The van der Waals surface area contributed by atoms with Crippen LogP contribution in [0, 0.1) is 0 Å². The molecule has 96 valence electrons. The summed E-state index contributed by atoms with van der Waals surface area (Å²) in [5.74, 6) is -0.0275. The van der Waals surface area contributed by atoms with Crippen molar-refractivity contribution in [2.75, 3.05) is 6.61 Å². The first-order chi connectivity index (χ1) is 9.33. The van der Waals surface area contributed by atoms with Crippen molar-refractivity contribution in [2.45, 2.75) is 6.92 Å². The van der Waals surface area contributed by atoms with Crippen molar-refractivity contribution in [2.24, 2.45) is 0 Å². The zero-order valence-electron chi connectivity index (χ0n) is 10.9. The second-order valence-electron chi connectivity index (χ2n) is 4.05. The van der Waals surface area contributed by atoms with Gasteiger partial charge in [0.2, 0.25) is 0 Å². The summed E-state index contributed by atoms with van der Waals surface area (Å²) in [7, 11) is 0. The van der Waals surface area contributed by atoms with Crippen molar-refractivity contribution < 1.29 is 9.53 Å². The van der Waals surface area contributed by atoms with E-state index in [0.717, 1.165) is 5.56 Å². The first kappa shape index (κ1) is 13.1. The summed E-state index contributed by atoms with van der Waals surface area (Å²) in [4.78, 5) is 12.5. The van der Waals surface area contributed by atoms with Gasteiger partial charge < -0.3 is 4.74 Å². The van der Waals surface area contributed by atoms with Crippen LogP contribution in [0.2, 0.25) is 0 Å². The molecule has 0 saturated carbocycles. The van der Waals surface area contributed by atoms with Crippen LogP contribution in [0.15, 0.2) is 66.9 Å². The number of hydrogen-bond donors (Lipinski definition) is 0. The molecule has 0 saturated heterocycles. The highest BCUT2D eigenvalue weighted by Crippen LogP contribution is 2.19. The first-order valence-corrected chi connectivity index (χ1v) is 6.30. The molecule has 19 heavy (non-hydrogen) atoms. The third-order valence-electron chi connectivity index (χ3n) is 2.73. The van der Waals surface area contributed by atoms with Crippen LogP contribution in [0.4, 0.5) is 0 Å². The molecule has 2 aromatic rings. The molecule has 0 radical (unpaired) electrons. The molecule has 2 heteroatoms. The third kappa shape index (κ3) is 3.32. The summed E-state index contributed by atoms with van der Waals surface area (Å²) < 4.78 is 5.31. The smallest absolute Gasteiger partial charge is 0.196 e. The highest BCUT2D eigenvalue weighted by atomic mass is 16.5. The van der Waals surface area contributed by atoms with Crippen LogP contribution in [0.5, 0.6) is 0 Å². The Bertz CT molecular complexity index is 556. The van der Waals surface area contributed by atoms with Gasteiger partial charge in [0, 0.05) is 5.56 Å². The molecular weight excluding hydrogens is 236 g/mol. The van der Waals surface area contributed by atoms with Crippen molar-refractivity contribution in [3.05, 3.63) is 78.1 Å². The van der Waals surface area contributed by atoms with Gasteiger partial charge in [-0.2, -0.15) is 0 Å². The summed E-state index contributed by atoms with van der Waals surface area (Å²) in [6.07, 6.45) is 1.55. The van der Waals surface area contributed by atoms with Gasteiger partial charge in [0.05, 0.1) is 18.4 Å². The third-order valence-corrected chi connectivity index (χ3v) is 2.73. The minimum absolute atomic E-state index is 0.0275. The zero-order valence-corrected chi connectivity index (χ0v) is 10.9. The maximum absolute atomic E-state index is 12.5. The minimum Gasteiger partial charge on any atom is -0.501 e. The summed E-state index contributed by atoms with van der Waals surface area (Å²) >= 11 is 0. The van der Waals surface area contributed by atoms with Gasteiger partial charge in [-0.15, -0.1) is 0 Å². The maximum atomic E-state index is 12.5. The van der Waals surface area contributed by atoms with E-state index in [1.165, 1.54) is 0 Å². The van der Waals surface area contributed by atoms with Gasteiger partial charge >= 0.3 is 0 Å². The number of benzene rings is 2. The van der Waals surface area contributed by atoms with E-state index < -0.39 is 0 Å². The van der Waals surface area contributed by atoms with E-state index in [-0.39, 0.29) is 5.78 Å². The lowest BCUT2D eigenvalue weighted by molar-refractivity contribution is 0.105. The highest BCUT2D eigenvalue weighted by molar-refractivity contribution is 6.28. The molecule has 0 unspecified atom stereocenters. The fourth-order valence-corrected chi connectivity index (χ4v) is 1.78. The quantitative estimate of drug-likeness (QED) is 0.457. The van der Waals surface area contributed by atoms with Gasteiger partial charge in [-0.1, -0.05) is 60.7 Å². The Kier molecular flexibility index (Phi) is 4.51. The standard InChI is InChI=1S/C17H16O2/c1-2-19-13-16(14-9-5-3-6-10-14)17(18)15-11-7-4-8-12-15/h3-13H,2H2,1H3/b16-13+. The Balaban J connectivity index is 2.37. The van der Waals surface area contributed by atoms with Crippen LogP contribution in [-0.4, -0.2) is 12.4 Å². The lowest BCUT2D eigenvalue weighted by Gasteiger charge is -2.07. The van der Waals surface area contributed by atoms with E-state index in [1.54, 1.807) is 6.26 Å². The molecular formula is C17H16O2. The number of carbonyl (C=O) groups excluding carboxylic acids is 1. The van der Waals surface area contributed by atoms with Crippen molar-refractivity contribution in [3.8, 4) is 0 Å². The molecule has 0 aromatic heterocycles. The Hall–Kier alpha value is -2.35. The minimum atomic E-state index is -0.0275. The van der Waals surface area contributed by atoms with Crippen LogP contribution in [0.1, 0.15) is 22.8 Å². The molecule has 2 nitrogen and oxygen atoms in total. The topological polar surface area (TPSA) is 26.3 Å². The van der Waals surface area contributed by atoms with Gasteiger partial charge in [-0.05, 0) is 12.5 Å². The molecule has 0 aliphatic rings. The zero-order chi connectivity index (χ0) is 13.5. The normalized spacial score (nSPS) is 11.1. The van der Waals surface area contributed by atoms with Crippen molar-refractivity contribution >= 4 is 11.4 Å². The van der Waals surface area contributed by atoms with Gasteiger partial charge in [0.1, 0.15) is 0 Å². The number of ether oxygens (including phenoxy) is 1. The van der Waals surface area contributed by atoms with E-state index in [0.29, 0.717) is 17.7 Å². The fourth-order valence-electron chi connectivity index (χ4n) is 1.78. The summed E-state index contributed by atoms with van der Waals surface area (Å²) in [6.45, 7) is 2.44. The molecule has 0 aliphatic carbocycles. The van der Waals surface area contributed by atoms with Crippen LogP contribution in [0.3, 0.4) is 0 Å². The van der Waals surface area contributed by atoms with E-state index in [1.807, 2.05) is 67.6 Å². The monoisotopic (exact) mass is 252 g/mol. The van der Waals surface area contributed by atoms with Crippen molar-refractivity contribution in [1.29, 1.82) is 0 Å². The largest absolute Gasteiger partial charge is 0.501 e. The van der Waals surface area contributed by atoms with Crippen molar-refractivity contribution in [1.82, 2.24) is 0 Å². The Morgan fingerprint density at radius 3 is 2.00 bits per heavy atom. The highest BCUT2D eigenvalue weighted by Gasteiger charge is 2.14. The van der Waals surface area contributed by atoms with E-state index in [2.05, 4.69) is 0 Å². The van der Waals surface area contributed by atoms with E-state index >= 15 is 0 Å². The van der Waals surface area contributed by atoms with Gasteiger partial charge in [0.15, 0.2) is 5.78 Å². The molecule has 0 bridgehead atoms. The predicted octanol–water partition coefficient (Wildman–Crippen LogP) is 3.95. The number of ketones is 1. The van der Waals surface area contributed by atoms with Gasteiger partial charge in [-0.3, -0.25) is 4.79 Å². The first-order valence-electron chi connectivity index (χ1n) is 6.30. The summed E-state index contributed by atoms with van der Waals surface area (Å²) in [5.41, 5.74) is 2.11. The number of hydrogen-bond acceptors (Lipinski definition) is 2. The SMILES string of the molecule is CCO/C=C(/C(=O)c1ccccc1)c1ccccc1. The van der Waals surface area contributed by atoms with Gasteiger partial charge in [0.25, 0.3) is 0 Å². The molecule has 2 aromatic carbocycles. The fraction of sp³-hybridized carbons (Fsp3) is 0.118. The molecule has 0 heterocycles. The van der Waals surface area contributed by atoms with Crippen LogP contribution in [-0.2, 0) is 4.74 Å².